The number of benzene rings is 2. The van der Waals surface area contributed by atoms with Gasteiger partial charge in [0, 0.05) is 43.2 Å². The van der Waals surface area contributed by atoms with Gasteiger partial charge in [-0.25, -0.2) is 0 Å². The van der Waals surface area contributed by atoms with Gasteiger partial charge in [0.2, 0.25) is 0 Å². The minimum atomic E-state index is -0.377. The topological polar surface area (TPSA) is 50.2 Å². The van der Waals surface area contributed by atoms with Crippen LogP contribution >= 0.6 is 0 Å². The van der Waals surface area contributed by atoms with E-state index in [1.54, 1.807) is 0 Å². The van der Waals surface area contributed by atoms with Crippen LogP contribution in [0.2, 0.25) is 0 Å². The van der Waals surface area contributed by atoms with Gasteiger partial charge in [-0.2, -0.15) is 0 Å². The Morgan fingerprint density at radius 1 is 1.00 bits per heavy atom. The third-order valence-corrected chi connectivity index (χ3v) is 7.27. The molecule has 1 heterocycles. The van der Waals surface area contributed by atoms with Crippen molar-refractivity contribution in [2.75, 3.05) is 0 Å². The number of hydrogen-bond donors (Lipinski definition) is 1. The average Bonchev–Trinajstić information content (AvgIpc) is 2.82. The number of carbonyl (C=O) groups excluding carboxylic acids is 1. The van der Waals surface area contributed by atoms with E-state index in [0.717, 1.165) is 36.1 Å². The van der Waals surface area contributed by atoms with Crippen LogP contribution in [0.3, 0.4) is 0 Å². The van der Waals surface area contributed by atoms with Crippen molar-refractivity contribution in [1.29, 1.82) is 0 Å². The second-order valence-electron chi connectivity index (χ2n) is 11.9. The molecule has 0 saturated heterocycles. The third kappa shape index (κ3) is 9.17. The van der Waals surface area contributed by atoms with Crippen LogP contribution in [0.1, 0.15) is 84.9 Å². The fourth-order valence-corrected chi connectivity index (χ4v) is 3.92. The molecule has 1 radical (unpaired) electrons. The van der Waals surface area contributed by atoms with Gasteiger partial charge in [-0.3, -0.25) is 4.79 Å². The van der Waals surface area contributed by atoms with Crippen molar-refractivity contribution in [3.05, 3.63) is 77.2 Å². The molecule has 0 spiro atoms. The van der Waals surface area contributed by atoms with Crippen LogP contribution in [0.15, 0.2) is 54.4 Å². The zero-order chi connectivity index (χ0) is 28.0. The second kappa shape index (κ2) is 14.2. The zero-order valence-corrected chi connectivity index (χ0v) is 27.3. The van der Waals surface area contributed by atoms with Crippen molar-refractivity contribution in [3.8, 4) is 11.3 Å². The van der Waals surface area contributed by atoms with Crippen LogP contribution in [0.25, 0.3) is 22.0 Å². The molecule has 0 saturated carbocycles. The minimum absolute atomic E-state index is 0. The summed E-state index contributed by atoms with van der Waals surface area (Å²) in [5.41, 5.74) is 5.23. The first-order chi connectivity index (χ1) is 17.2. The Morgan fingerprint density at radius 2 is 1.63 bits per heavy atom. The Kier molecular flexibility index (Phi) is 12.6. The molecule has 2 aromatic carbocycles. The minimum Gasteiger partial charge on any atom is -0.512 e. The molecule has 1 aromatic heterocycles. The van der Waals surface area contributed by atoms with Crippen molar-refractivity contribution in [2.24, 2.45) is 16.7 Å². The van der Waals surface area contributed by atoms with Crippen molar-refractivity contribution in [2.45, 2.75) is 88.5 Å². The summed E-state index contributed by atoms with van der Waals surface area (Å²) in [6, 6.07) is 16.6. The van der Waals surface area contributed by atoms with Crippen LogP contribution in [0.5, 0.6) is 0 Å². The van der Waals surface area contributed by atoms with E-state index in [1.165, 1.54) is 28.0 Å². The molecule has 4 heteroatoms. The van der Waals surface area contributed by atoms with Crippen LogP contribution in [-0.4, -0.2) is 15.9 Å². The van der Waals surface area contributed by atoms with E-state index in [0.29, 0.717) is 5.92 Å². The van der Waals surface area contributed by atoms with Crippen molar-refractivity contribution in [1.82, 2.24) is 4.98 Å². The molecule has 3 rings (SSSR count). The van der Waals surface area contributed by atoms with E-state index in [-0.39, 0.29) is 42.5 Å². The van der Waals surface area contributed by atoms with Crippen molar-refractivity contribution >= 4 is 16.6 Å². The Bertz CT molecular complexity index is 1230. The number of ketones is 1. The maximum atomic E-state index is 11.8. The normalized spacial score (nSPS) is 12.1. The number of pyridine rings is 1. The standard InChI is InChI=1S/C21H22N.C13H24O2.Ir/c1-14(2)9-17-5-6-18-7-8-22-21(20(18)13-17)19-11-15(3)10-16(4)12-19;1-7-12(3,4)10(14)9-11(15)13(5,6)8-2;/h5-8,10-11,13-14H,9H2,1-4H3;9,14H,7-8H2,1-6H3;/q-1;;/b;10-9-;. The summed E-state index contributed by atoms with van der Waals surface area (Å²) in [7, 11) is 0. The molecule has 0 amide bonds. The number of hydrogen-bond acceptors (Lipinski definition) is 3. The van der Waals surface area contributed by atoms with E-state index in [4.69, 9.17) is 0 Å². The Labute approximate surface area is 244 Å². The van der Waals surface area contributed by atoms with Crippen LogP contribution in [0, 0.1) is 36.7 Å². The van der Waals surface area contributed by atoms with Crippen molar-refractivity contribution in [3.63, 3.8) is 0 Å². The van der Waals surface area contributed by atoms with Gasteiger partial charge in [0.15, 0.2) is 5.78 Å². The number of carbonyl (C=O) groups is 1. The first-order valence-electron chi connectivity index (χ1n) is 13.5. The largest absolute Gasteiger partial charge is 0.512 e. The summed E-state index contributed by atoms with van der Waals surface area (Å²) in [4.78, 5) is 16.5. The van der Waals surface area contributed by atoms with Crippen LogP contribution in [-0.2, 0) is 31.3 Å². The number of aryl methyl sites for hydroxylation is 2. The van der Waals surface area contributed by atoms with Gasteiger partial charge in [0.1, 0.15) is 5.76 Å². The maximum absolute atomic E-state index is 11.8. The summed E-state index contributed by atoms with van der Waals surface area (Å²) in [6.45, 7) is 20.4. The fourth-order valence-electron chi connectivity index (χ4n) is 3.92. The predicted octanol–water partition coefficient (Wildman–Crippen LogP) is 9.38. The summed E-state index contributed by atoms with van der Waals surface area (Å²) in [6.07, 6.45) is 5.98. The van der Waals surface area contributed by atoms with E-state index < -0.39 is 0 Å². The van der Waals surface area contributed by atoms with Gasteiger partial charge in [-0.1, -0.05) is 87.4 Å². The summed E-state index contributed by atoms with van der Waals surface area (Å²) in [5.74, 6) is 0.853. The Morgan fingerprint density at radius 3 is 2.18 bits per heavy atom. The molecule has 0 atom stereocenters. The van der Waals surface area contributed by atoms with E-state index in [1.807, 2.05) is 47.7 Å². The molecule has 0 fully saturated rings. The van der Waals surface area contributed by atoms with Crippen molar-refractivity contribution < 1.29 is 30.0 Å². The maximum Gasteiger partial charge on any atom is 0.164 e. The van der Waals surface area contributed by atoms with Gasteiger partial charge in [-0.15, -0.1) is 34.9 Å². The average molecular weight is 693 g/mol. The Balaban J connectivity index is 0.000000401. The molecule has 38 heavy (non-hydrogen) atoms. The van der Waals surface area contributed by atoms with E-state index in [9.17, 15) is 9.90 Å². The smallest absolute Gasteiger partial charge is 0.164 e. The number of nitrogens with zero attached hydrogens (tertiary/aromatic N) is 1. The molecular formula is C34H46IrNO2-. The van der Waals surface area contributed by atoms with Gasteiger partial charge < -0.3 is 10.1 Å². The zero-order valence-electron chi connectivity index (χ0n) is 25.0. The van der Waals surface area contributed by atoms with Gasteiger partial charge >= 0.3 is 0 Å². The molecule has 0 bridgehead atoms. The predicted molar refractivity (Wildman–Crippen MR) is 158 cm³/mol. The molecule has 3 nitrogen and oxygen atoms in total. The molecule has 0 aliphatic heterocycles. The molecule has 3 aromatic rings. The molecule has 0 aliphatic carbocycles. The number of rotatable bonds is 8. The van der Waals surface area contributed by atoms with Gasteiger partial charge in [0.25, 0.3) is 0 Å². The molecular weight excluding hydrogens is 647 g/mol. The number of allylic oxidation sites excluding steroid dienone is 2. The molecule has 209 valence electrons. The monoisotopic (exact) mass is 693 g/mol. The summed E-state index contributed by atoms with van der Waals surface area (Å²) in [5, 5.41) is 12.3. The van der Waals surface area contributed by atoms with Gasteiger partial charge in [-0.05, 0) is 53.3 Å². The van der Waals surface area contributed by atoms with Crippen LogP contribution in [0.4, 0.5) is 0 Å². The Hall–Kier alpha value is -2.29. The summed E-state index contributed by atoms with van der Waals surface area (Å²) < 4.78 is 0. The first kappa shape index (κ1) is 33.7. The SMILES string of the molecule is CCC(C)(C)C(=O)/C=C(\O)C(C)(C)CC.Cc1[c-]c(-c2nccc3ccc(CC(C)C)cc23)cc(C)c1.[Ir]. The fraction of sp³-hybridized carbons (Fsp3) is 0.471. The molecule has 0 aliphatic rings. The second-order valence-corrected chi connectivity index (χ2v) is 11.9. The number of fused-ring (bicyclic) bond motifs is 1. The molecule has 1 N–H and O–H groups in total. The number of aromatic nitrogens is 1. The number of aliphatic hydroxyl groups is 1. The number of aliphatic hydroxyl groups excluding tert-OH is 1. The summed E-state index contributed by atoms with van der Waals surface area (Å²) >= 11 is 0. The quantitative estimate of drug-likeness (QED) is 0.145. The molecule has 0 unspecified atom stereocenters. The first-order valence-corrected chi connectivity index (χ1v) is 13.5. The third-order valence-electron chi connectivity index (χ3n) is 7.27. The van der Waals surface area contributed by atoms with Gasteiger partial charge in [0.05, 0.1) is 0 Å². The van der Waals surface area contributed by atoms with E-state index >= 15 is 0 Å². The van der Waals surface area contributed by atoms with E-state index in [2.05, 4.69) is 75.1 Å². The van der Waals surface area contributed by atoms with Crippen LogP contribution < -0.4 is 0 Å².